The third-order valence-corrected chi connectivity index (χ3v) is 4.00. The van der Waals surface area contributed by atoms with Gasteiger partial charge in [0.25, 0.3) is 0 Å². The minimum Gasteiger partial charge on any atom is -0.355 e. The number of carbonyl (C=O) groups excluding carboxylic acids is 1. The molecule has 0 aliphatic heterocycles. The Kier molecular flexibility index (Phi) is 7.62. The van der Waals surface area contributed by atoms with Crippen LogP contribution in [0.15, 0.2) is 34.9 Å². The molecule has 2 aromatic rings. The van der Waals surface area contributed by atoms with Crippen molar-refractivity contribution in [2.24, 2.45) is 0 Å². The van der Waals surface area contributed by atoms with E-state index in [1.54, 1.807) is 6.92 Å². The van der Waals surface area contributed by atoms with Gasteiger partial charge in [0.05, 0.1) is 16.5 Å². The zero-order valence-electron chi connectivity index (χ0n) is 14.7. The fourth-order valence-electron chi connectivity index (χ4n) is 2.33. The van der Waals surface area contributed by atoms with E-state index < -0.39 is 0 Å². The summed E-state index contributed by atoms with van der Waals surface area (Å²) in [4.78, 5) is 11.4. The Labute approximate surface area is 154 Å². The first-order valence-electron chi connectivity index (χ1n) is 8.56. The molecule has 25 heavy (non-hydrogen) atoms. The van der Waals surface area contributed by atoms with Gasteiger partial charge in [-0.15, -0.1) is 0 Å². The predicted molar refractivity (Wildman–Crippen MR) is 103 cm³/mol. The van der Waals surface area contributed by atoms with Gasteiger partial charge in [-0.25, -0.2) is 0 Å². The monoisotopic (exact) mass is 356 g/mol. The zero-order valence-corrected chi connectivity index (χ0v) is 15.6. The molecule has 1 aromatic heterocycles. The van der Waals surface area contributed by atoms with E-state index in [9.17, 15) is 4.79 Å². The molecule has 1 unspecified atom stereocenters. The lowest BCUT2D eigenvalue weighted by Gasteiger charge is -2.06. The summed E-state index contributed by atoms with van der Waals surface area (Å²) >= 11 is 4.09. The lowest BCUT2D eigenvalue weighted by atomic mass is 10.1. The lowest BCUT2D eigenvalue weighted by molar-refractivity contribution is -0.120. The first-order chi connectivity index (χ1) is 12.1. The Morgan fingerprint density at radius 3 is 2.76 bits per heavy atom. The second kappa shape index (κ2) is 9.95. The maximum absolute atomic E-state index is 11.4. The number of nitrogens with one attached hydrogen (secondary N) is 1. The minimum atomic E-state index is -0.253. The van der Waals surface area contributed by atoms with E-state index in [1.807, 2.05) is 37.3 Å². The summed E-state index contributed by atoms with van der Waals surface area (Å²) in [5.41, 5.74) is 2.66. The highest BCUT2D eigenvalue weighted by Gasteiger charge is 2.12. The highest BCUT2D eigenvalue weighted by atomic mass is 32.1. The molecule has 1 heterocycles. The summed E-state index contributed by atoms with van der Waals surface area (Å²) in [6, 6.07) is 9.89. The third kappa shape index (κ3) is 5.99. The largest absolute Gasteiger partial charge is 0.355 e. The normalized spacial score (nSPS) is 11.5. The summed E-state index contributed by atoms with van der Waals surface area (Å²) < 4.78 is 5.43. The van der Waals surface area contributed by atoms with E-state index in [0.29, 0.717) is 6.54 Å². The molecule has 1 N–H and O–H groups in total. The Morgan fingerprint density at radius 2 is 2.04 bits per heavy atom. The number of carbonyl (C=O) groups is 1. The molecule has 0 fully saturated rings. The molecule has 0 spiro atoms. The average molecular weight is 356 g/mol. The summed E-state index contributed by atoms with van der Waals surface area (Å²) in [5.74, 6) is 7.12. The maximum atomic E-state index is 11.4. The van der Waals surface area contributed by atoms with Gasteiger partial charge < -0.3 is 9.84 Å². The molecular formula is C20H24N2O2S. The quantitative estimate of drug-likeness (QED) is 0.448. The van der Waals surface area contributed by atoms with Crippen molar-refractivity contribution in [2.45, 2.75) is 44.8 Å². The van der Waals surface area contributed by atoms with Crippen LogP contribution in [0.2, 0.25) is 0 Å². The van der Waals surface area contributed by atoms with Crippen LogP contribution < -0.4 is 5.32 Å². The van der Waals surface area contributed by atoms with Crippen LogP contribution in [0.5, 0.6) is 0 Å². The summed E-state index contributed by atoms with van der Waals surface area (Å²) in [7, 11) is 0. The molecule has 132 valence electrons. The fraction of sp³-hybridized carbons (Fsp3) is 0.400. The number of hydrogen-bond acceptors (Lipinski definition) is 4. The summed E-state index contributed by atoms with van der Waals surface area (Å²) in [5, 5.41) is 6.64. The summed E-state index contributed by atoms with van der Waals surface area (Å²) in [6.45, 7) is 4.37. The molecule has 1 atom stereocenters. The van der Waals surface area contributed by atoms with Gasteiger partial charge in [-0.05, 0) is 26.7 Å². The predicted octanol–water partition coefficient (Wildman–Crippen LogP) is 4.00. The number of amides is 1. The van der Waals surface area contributed by atoms with Gasteiger partial charge in [0, 0.05) is 18.5 Å². The number of benzene rings is 1. The Balaban J connectivity index is 1.79. The van der Waals surface area contributed by atoms with E-state index in [-0.39, 0.29) is 11.2 Å². The number of unbranched alkanes of at least 4 members (excludes halogenated alkanes) is 3. The van der Waals surface area contributed by atoms with Crippen LogP contribution >= 0.6 is 12.6 Å². The van der Waals surface area contributed by atoms with Gasteiger partial charge in [-0.2, -0.15) is 12.6 Å². The van der Waals surface area contributed by atoms with Crippen LogP contribution in [-0.4, -0.2) is 22.9 Å². The van der Waals surface area contributed by atoms with Crippen molar-refractivity contribution in [3.05, 3.63) is 41.6 Å². The molecule has 0 bridgehead atoms. The van der Waals surface area contributed by atoms with Crippen molar-refractivity contribution >= 4 is 18.5 Å². The van der Waals surface area contributed by atoms with Gasteiger partial charge in [0.15, 0.2) is 5.76 Å². The van der Waals surface area contributed by atoms with Gasteiger partial charge in [-0.3, -0.25) is 4.79 Å². The molecule has 0 aliphatic carbocycles. The van der Waals surface area contributed by atoms with E-state index >= 15 is 0 Å². The highest BCUT2D eigenvalue weighted by Crippen LogP contribution is 2.25. The third-order valence-electron chi connectivity index (χ3n) is 3.77. The van der Waals surface area contributed by atoms with Crippen LogP contribution in [0, 0.1) is 18.8 Å². The molecule has 0 radical (unpaired) electrons. The van der Waals surface area contributed by atoms with E-state index in [4.69, 9.17) is 4.52 Å². The van der Waals surface area contributed by atoms with Crippen LogP contribution in [0.1, 0.15) is 43.9 Å². The highest BCUT2D eigenvalue weighted by molar-refractivity contribution is 7.81. The molecule has 1 amide bonds. The standard InChI is InChI=1S/C20H24N2O2S/c1-15-18(19(24-22-15)17-11-7-6-8-12-17)13-9-4-3-5-10-14-21-20(23)16(2)25/h6-8,11-12,16,25H,3-5,10,14H2,1-2H3,(H,21,23). The average Bonchev–Trinajstić information content (AvgIpc) is 2.98. The van der Waals surface area contributed by atoms with Crippen LogP contribution in [0.4, 0.5) is 0 Å². The SMILES string of the molecule is Cc1noc(-c2ccccc2)c1C#CCCCCCNC(=O)C(C)S. The number of thiol groups is 1. The minimum absolute atomic E-state index is 0.0144. The molecule has 5 heteroatoms. The molecule has 0 aliphatic rings. The number of nitrogens with zero attached hydrogens (tertiary/aromatic N) is 1. The van der Waals surface area contributed by atoms with E-state index in [0.717, 1.165) is 48.3 Å². The van der Waals surface area contributed by atoms with Crippen molar-refractivity contribution < 1.29 is 9.32 Å². The zero-order chi connectivity index (χ0) is 18.1. The Bertz CT molecular complexity index is 742. The molecule has 2 rings (SSSR count). The number of rotatable bonds is 7. The number of aromatic nitrogens is 1. The second-order valence-corrected chi connectivity index (χ2v) is 6.69. The number of hydrogen-bond donors (Lipinski definition) is 2. The summed E-state index contributed by atoms with van der Waals surface area (Å²) in [6.07, 6.45) is 3.81. The Morgan fingerprint density at radius 1 is 1.28 bits per heavy atom. The second-order valence-electron chi connectivity index (χ2n) is 5.92. The van der Waals surface area contributed by atoms with E-state index in [1.165, 1.54) is 0 Å². The molecular weight excluding hydrogens is 332 g/mol. The molecule has 1 aromatic carbocycles. The van der Waals surface area contributed by atoms with E-state index in [2.05, 4.69) is 34.9 Å². The molecule has 0 saturated carbocycles. The lowest BCUT2D eigenvalue weighted by Crippen LogP contribution is -2.30. The number of aryl methyl sites for hydroxylation is 1. The molecule has 0 saturated heterocycles. The van der Waals surface area contributed by atoms with Gasteiger partial charge >= 0.3 is 0 Å². The smallest absolute Gasteiger partial charge is 0.232 e. The van der Waals surface area contributed by atoms with Gasteiger partial charge in [0.2, 0.25) is 5.91 Å². The van der Waals surface area contributed by atoms with Crippen LogP contribution in [0.25, 0.3) is 11.3 Å². The van der Waals surface area contributed by atoms with Crippen molar-refractivity contribution in [3.63, 3.8) is 0 Å². The first kappa shape index (κ1) is 19.1. The maximum Gasteiger partial charge on any atom is 0.232 e. The van der Waals surface area contributed by atoms with Crippen molar-refractivity contribution in [2.75, 3.05) is 6.54 Å². The van der Waals surface area contributed by atoms with Gasteiger partial charge in [-0.1, -0.05) is 53.8 Å². The first-order valence-corrected chi connectivity index (χ1v) is 9.07. The fourth-order valence-corrected chi connectivity index (χ4v) is 2.42. The van der Waals surface area contributed by atoms with Crippen LogP contribution in [0.3, 0.4) is 0 Å². The van der Waals surface area contributed by atoms with Gasteiger partial charge in [0.1, 0.15) is 0 Å². The molecule has 4 nitrogen and oxygen atoms in total. The Hall–Kier alpha value is -2.19. The topological polar surface area (TPSA) is 55.1 Å². The van der Waals surface area contributed by atoms with Crippen molar-refractivity contribution in [3.8, 4) is 23.2 Å². The van der Waals surface area contributed by atoms with Crippen LogP contribution in [-0.2, 0) is 4.79 Å². The van der Waals surface area contributed by atoms with Crippen molar-refractivity contribution in [1.82, 2.24) is 10.5 Å². The van der Waals surface area contributed by atoms with Crippen molar-refractivity contribution in [1.29, 1.82) is 0 Å².